The Morgan fingerprint density at radius 2 is 1.74 bits per heavy atom. The number of amides is 1. The fourth-order valence-corrected chi connectivity index (χ4v) is 2.74. The molecule has 7 heteroatoms. The number of sulfone groups is 1. The van der Waals surface area contributed by atoms with Crippen molar-refractivity contribution in [2.75, 3.05) is 6.26 Å². The van der Waals surface area contributed by atoms with Crippen LogP contribution < -0.4 is 10.9 Å². The van der Waals surface area contributed by atoms with Crippen LogP contribution in [0.1, 0.15) is 34.6 Å². The molecule has 1 aromatic carbocycles. The highest BCUT2D eigenvalue weighted by atomic mass is 32.2. The Kier molecular flexibility index (Phi) is 4.70. The molecule has 2 N–H and O–H groups in total. The average Bonchev–Trinajstić information content (AvgIpc) is 2.46. The molecule has 0 bridgehead atoms. The summed E-state index contributed by atoms with van der Waals surface area (Å²) in [4.78, 5) is 26.7. The summed E-state index contributed by atoms with van der Waals surface area (Å²) in [5.41, 5.74) is 1.02. The predicted octanol–water partition coefficient (Wildman–Crippen LogP) is 1.58. The number of aromatic amines is 1. The Morgan fingerprint density at radius 1 is 1.13 bits per heavy atom. The molecule has 1 amide bonds. The Bertz CT molecular complexity index is 883. The monoisotopic (exact) mass is 334 g/mol. The van der Waals surface area contributed by atoms with Crippen molar-refractivity contribution >= 4 is 15.7 Å². The van der Waals surface area contributed by atoms with Gasteiger partial charge in [0.15, 0.2) is 9.84 Å². The first kappa shape index (κ1) is 17.0. The summed E-state index contributed by atoms with van der Waals surface area (Å²) in [5, 5.41) is 2.72. The van der Waals surface area contributed by atoms with Gasteiger partial charge in [0, 0.05) is 11.9 Å². The van der Waals surface area contributed by atoms with Crippen molar-refractivity contribution in [2.45, 2.75) is 24.8 Å². The second-order valence-electron chi connectivity index (χ2n) is 5.42. The van der Waals surface area contributed by atoms with Crippen molar-refractivity contribution < 1.29 is 13.2 Å². The van der Waals surface area contributed by atoms with Gasteiger partial charge in [0.25, 0.3) is 11.5 Å². The molecule has 1 atom stereocenters. The molecule has 0 spiro atoms. The Labute approximate surface area is 134 Å². The van der Waals surface area contributed by atoms with Gasteiger partial charge in [0.2, 0.25) is 0 Å². The Morgan fingerprint density at radius 3 is 2.26 bits per heavy atom. The van der Waals surface area contributed by atoms with Gasteiger partial charge < -0.3 is 10.3 Å². The van der Waals surface area contributed by atoms with Crippen molar-refractivity contribution in [2.24, 2.45) is 0 Å². The van der Waals surface area contributed by atoms with Crippen LogP contribution in [0.5, 0.6) is 0 Å². The minimum Gasteiger partial charge on any atom is -0.345 e. The van der Waals surface area contributed by atoms with Crippen LogP contribution in [0.4, 0.5) is 0 Å². The highest BCUT2D eigenvalue weighted by Crippen LogP contribution is 2.16. The SMILES string of the molecule is Cc1ccc(C(=O)N[C@H](C)c2ccc(S(C)(=O)=O)cc2)c(=O)[nH]1. The van der Waals surface area contributed by atoms with Gasteiger partial charge in [-0.1, -0.05) is 12.1 Å². The lowest BCUT2D eigenvalue weighted by Gasteiger charge is -2.14. The van der Waals surface area contributed by atoms with E-state index in [-0.39, 0.29) is 16.5 Å². The van der Waals surface area contributed by atoms with Gasteiger partial charge in [-0.05, 0) is 43.7 Å². The Balaban J connectivity index is 2.16. The van der Waals surface area contributed by atoms with Gasteiger partial charge in [0.1, 0.15) is 5.56 Å². The molecule has 23 heavy (non-hydrogen) atoms. The lowest BCUT2D eigenvalue weighted by Crippen LogP contribution is -2.31. The van der Waals surface area contributed by atoms with E-state index in [0.717, 1.165) is 11.8 Å². The molecule has 0 unspecified atom stereocenters. The number of rotatable bonds is 4. The molecule has 1 heterocycles. The fourth-order valence-electron chi connectivity index (χ4n) is 2.11. The minimum atomic E-state index is -3.25. The number of aryl methyl sites for hydroxylation is 1. The van der Waals surface area contributed by atoms with Crippen LogP contribution in [0.25, 0.3) is 0 Å². The largest absolute Gasteiger partial charge is 0.345 e. The quantitative estimate of drug-likeness (QED) is 0.887. The van der Waals surface area contributed by atoms with E-state index in [9.17, 15) is 18.0 Å². The third-order valence-corrected chi connectivity index (χ3v) is 4.58. The topological polar surface area (TPSA) is 96.1 Å². The first-order chi connectivity index (χ1) is 10.7. The van der Waals surface area contributed by atoms with Gasteiger partial charge in [-0.25, -0.2) is 8.42 Å². The number of benzene rings is 1. The summed E-state index contributed by atoms with van der Waals surface area (Å²) >= 11 is 0. The summed E-state index contributed by atoms with van der Waals surface area (Å²) in [5.74, 6) is -0.481. The zero-order chi connectivity index (χ0) is 17.2. The van der Waals surface area contributed by atoms with Crippen molar-refractivity contribution in [3.05, 3.63) is 63.6 Å². The van der Waals surface area contributed by atoms with Crippen molar-refractivity contribution in [1.82, 2.24) is 10.3 Å². The third-order valence-electron chi connectivity index (χ3n) is 3.46. The van der Waals surface area contributed by atoms with Crippen LogP contribution in [0, 0.1) is 6.92 Å². The third kappa shape index (κ3) is 4.07. The molecule has 0 fully saturated rings. The molecule has 2 aromatic rings. The van der Waals surface area contributed by atoms with Crippen LogP contribution in [0.2, 0.25) is 0 Å². The second kappa shape index (κ2) is 6.37. The van der Waals surface area contributed by atoms with E-state index in [1.807, 2.05) is 0 Å². The van der Waals surface area contributed by atoms with Gasteiger partial charge in [-0.15, -0.1) is 0 Å². The molecular weight excluding hydrogens is 316 g/mol. The number of carbonyl (C=O) groups is 1. The minimum absolute atomic E-state index is 0.0372. The van der Waals surface area contributed by atoms with E-state index in [4.69, 9.17) is 0 Å². The molecular formula is C16H18N2O4S. The fraction of sp³-hybridized carbons (Fsp3) is 0.250. The molecule has 0 aliphatic carbocycles. The smallest absolute Gasteiger partial charge is 0.260 e. The van der Waals surface area contributed by atoms with E-state index >= 15 is 0 Å². The van der Waals surface area contributed by atoms with Crippen LogP contribution in [-0.4, -0.2) is 25.6 Å². The maximum absolute atomic E-state index is 12.2. The number of hydrogen-bond donors (Lipinski definition) is 2. The summed E-state index contributed by atoms with van der Waals surface area (Å²) in [6.07, 6.45) is 1.14. The molecule has 0 radical (unpaired) electrons. The molecule has 1 aromatic heterocycles. The van der Waals surface area contributed by atoms with E-state index < -0.39 is 21.3 Å². The van der Waals surface area contributed by atoms with Gasteiger partial charge in [-0.3, -0.25) is 9.59 Å². The molecule has 6 nitrogen and oxygen atoms in total. The average molecular weight is 334 g/mol. The van der Waals surface area contributed by atoms with Gasteiger partial charge >= 0.3 is 0 Å². The number of carbonyl (C=O) groups excluding carboxylic acids is 1. The van der Waals surface area contributed by atoms with E-state index in [2.05, 4.69) is 10.3 Å². The molecule has 0 aliphatic heterocycles. The van der Waals surface area contributed by atoms with Crippen molar-refractivity contribution in [3.63, 3.8) is 0 Å². The van der Waals surface area contributed by atoms with E-state index in [0.29, 0.717) is 5.69 Å². The maximum atomic E-state index is 12.2. The van der Waals surface area contributed by atoms with Crippen LogP contribution in [-0.2, 0) is 9.84 Å². The van der Waals surface area contributed by atoms with Crippen LogP contribution >= 0.6 is 0 Å². The summed E-state index contributed by atoms with van der Waals surface area (Å²) in [7, 11) is -3.25. The zero-order valence-electron chi connectivity index (χ0n) is 13.1. The maximum Gasteiger partial charge on any atom is 0.260 e. The summed E-state index contributed by atoms with van der Waals surface area (Å²) in [6.45, 7) is 3.49. The standard InChI is InChI=1S/C16H18N2O4S/c1-10-4-9-14(15(19)17-10)16(20)18-11(2)12-5-7-13(8-6-12)23(3,21)22/h4-9,11H,1-3H3,(H,17,19)(H,18,20)/t11-/m1/s1. The van der Waals surface area contributed by atoms with Gasteiger partial charge in [0.05, 0.1) is 10.9 Å². The molecule has 0 saturated heterocycles. The lowest BCUT2D eigenvalue weighted by atomic mass is 10.1. The van der Waals surface area contributed by atoms with Crippen LogP contribution in [0.3, 0.4) is 0 Å². The molecule has 0 saturated carbocycles. The number of hydrogen-bond acceptors (Lipinski definition) is 4. The molecule has 0 aliphatic rings. The number of pyridine rings is 1. The second-order valence-corrected chi connectivity index (χ2v) is 7.44. The van der Waals surface area contributed by atoms with E-state index in [1.54, 1.807) is 32.0 Å². The molecule has 2 rings (SSSR count). The highest BCUT2D eigenvalue weighted by molar-refractivity contribution is 7.90. The summed E-state index contributed by atoms with van der Waals surface area (Å²) < 4.78 is 22.9. The Hall–Kier alpha value is -2.41. The first-order valence-corrected chi connectivity index (χ1v) is 8.88. The number of aromatic nitrogens is 1. The van der Waals surface area contributed by atoms with Crippen molar-refractivity contribution in [3.8, 4) is 0 Å². The normalized spacial score (nSPS) is 12.7. The summed E-state index contributed by atoms with van der Waals surface area (Å²) in [6, 6.07) is 9.03. The van der Waals surface area contributed by atoms with Crippen LogP contribution in [0.15, 0.2) is 46.1 Å². The molecule has 122 valence electrons. The lowest BCUT2D eigenvalue weighted by molar-refractivity contribution is 0.0938. The van der Waals surface area contributed by atoms with Crippen molar-refractivity contribution in [1.29, 1.82) is 0 Å². The predicted molar refractivity (Wildman–Crippen MR) is 87.2 cm³/mol. The first-order valence-electron chi connectivity index (χ1n) is 6.99. The number of H-pyrrole nitrogens is 1. The zero-order valence-corrected chi connectivity index (χ0v) is 13.9. The highest BCUT2D eigenvalue weighted by Gasteiger charge is 2.15. The van der Waals surface area contributed by atoms with E-state index in [1.165, 1.54) is 18.2 Å². The van der Waals surface area contributed by atoms with Gasteiger partial charge in [-0.2, -0.15) is 0 Å². The number of nitrogens with one attached hydrogen (secondary N) is 2.